The third kappa shape index (κ3) is 5.01. The molecule has 1 aliphatic carbocycles. The summed E-state index contributed by atoms with van der Waals surface area (Å²) in [6.45, 7) is 2.47. The van der Waals surface area contributed by atoms with E-state index < -0.39 is 6.10 Å². The fourth-order valence-corrected chi connectivity index (χ4v) is 4.60. The molecule has 39 heavy (non-hydrogen) atoms. The molecule has 1 aliphatic rings. The minimum atomic E-state index is -0.666. The molecular formula is C26H26ClN9O3. The van der Waals surface area contributed by atoms with Crippen molar-refractivity contribution in [2.45, 2.75) is 38.5 Å². The van der Waals surface area contributed by atoms with Crippen molar-refractivity contribution in [1.82, 2.24) is 39.6 Å². The SMILES string of the molecule is COC[C@@H](O)Cn1ncc(-c2ccn3ncc(C(=O)Nc4cc(-c5nnn(C6CC6)n5)ccc4Cl)c3c2)c1C. The highest BCUT2D eigenvalue weighted by molar-refractivity contribution is 6.34. The average molecular weight is 548 g/mol. The van der Waals surface area contributed by atoms with Gasteiger partial charge in [-0.2, -0.15) is 15.0 Å². The third-order valence-corrected chi connectivity index (χ3v) is 7.03. The highest BCUT2D eigenvalue weighted by Gasteiger charge is 2.26. The standard InChI is InChI=1S/C26H26ClN9O3/c1-15-20(11-29-35(15)13-19(37)14-39-2)16-7-8-34-24(10-16)21(12-28-34)26(38)30-23-9-17(3-6-22(23)27)25-31-33-36(32-25)18-4-5-18/h3,6-12,18-19,37H,4-5,13-14H2,1-2H3,(H,30,38)/t19-/m0/s1. The van der Waals surface area contributed by atoms with Crippen molar-refractivity contribution in [2.24, 2.45) is 0 Å². The summed E-state index contributed by atoms with van der Waals surface area (Å²) in [7, 11) is 1.54. The number of fused-ring (bicyclic) bond motifs is 1. The molecule has 2 N–H and O–H groups in total. The number of aromatic nitrogens is 8. The Morgan fingerprint density at radius 2 is 2.05 bits per heavy atom. The van der Waals surface area contributed by atoms with Gasteiger partial charge in [-0.3, -0.25) is 9.48 Å². The number of halogens is 1. The molecule has 0 spiro atoms. The molecule has 0 saturated heterocycles. The topological polar surface area (TPSA) is 137 Å². The predicted octanol–water partition coefficient (Wildman–Crippen LogP) is 3.41. The maximum absolute atomic E-state index is 13.4. The molecule has 0 radical (unpaired) electrons. The number of carbonyl (C=O) groups excluding carboxylic acids is 1. The molecule has 0 unspecified atom stereocenters. The van der Waals surface area contributed by atoms with Gasteiger partial charge in [0.15, 0.2) is 0 Å². The van der Waals surface area contributed by atoms with Crippen molar-refractivity contribution in [3.63, 3.8) is 0 Å². The second kappa shape index (κ2) is 10.2. The van der Waals surface area contributed by atoms with Crippen LogP contribution in [0.15, 0.2) is 48.9 Å². The number of nitrogens with one attached hydrogen (secondary N) is 1. The van der Waals surface area contributed by atoms with Crippen LogP contribution in [0.2, 0.25) is 5.02 Å². The lowest BCUT2D eigenvalue weighted by Gasteiger charge is -2.11. The van der Waals surface area contributed by atoms with Gasteiger partial charge in [0.25, 0.3) is 5.91 Å². The maximum atomic E-state index is 13.4. The first-order valence-corrected chi connectivity index (χ1v) is 12.9. The zero-order chi connectivity index (χ0) is 27.1. The number of aliphatic hydroxyl groups excluding tert-OH is 1. The van der Waals surface area contributed by atoms with Crippen molar-refractivity contribution in [3.8, 4) is 22.5 Å². The summed E-state index contributed by atoms with van der Waals surface area (Å²) in [6.07, 6.45) is 6.50. The minimum Gasteiger partial charge on any atom is -0.389 e. The quantitative estimate of drug-likeness (QED) is 0.286. The van der Waals surface area contributed by atoms with Gasteiger partial charge in [0, 0.05) is 30.1 Å². The van der Waals surface area contributed by atoms with Crippen molar-refractivity contribution >= 4 is 28.7 Å². The molecule has 4 aromatic heterocycles. The summed E-state index contributed by atoms with van der Waals surface area (Å²) < 4.78 is 8.39. The maximum Gasteiger partial charge on any atom is 0.259 e. The van der Waals surface area contributed by atoms with Crippen molar-refractivity contribution in [3.05, 3.63) is 65.2 Å². The van der Waals surface area contributed by atoms with Crippen LogP contribution < -0.4 is 5.32 Å². The molecule has 1 fully saturated rings. The molecule has 1 aromatic carbocycles. The van der Waals surface area contributed by atoms with E-state index in [4.69, 9.17) is 16.3 Å². The fraction of sp³-hybridized carbons (Fsp3) is 0.308. The molecule has 200 valence electrons. The zero-order valence-electron chi connectivity index (χ0n) is 21.3. The average Bonchev–Trinajstić information content (AvgIpc) is 3.33. The largest absolute Gasteiger partial charge is 0.389 e. The normalized spacial score (nSPS) is 14.2. The lowest BCUT2D eigenvalue weighted by atomic mass is 10.1. The Morgan fingerprint density at radius 1 is 1.21 bits per heavy atom. The van der Waals surface area contributed by atoms with Crippen LogP contribution >= 0.6 is 11.6 Å². The third-order valence-electron chi connectivity index (χ3n) is 6.70. The molecule has 1 saturated carbocycles. The van der Waals surface area contributed by atoms with Crippen LogP contribution in [-0.4, -0.2) is 70.4 Å². The molecule has 4 heterocycles. The molecule has 1 atom stereocenters. The monoisotopic (exact) mass is 547 g/mol. The van der Waals surface area contributed by atoms with Crippen molar-refractivity contribution < 1.29 is 14.6 Å². The summed E-state index contributed by atoms with van der Waals surface area (Å²) >= 11 is 6.42. The van der Waals surface area contributed by atoms with Crippen molar-refractivity contribution in [2.75, 3.05) is 19.0 Å². The molecule has 6 rings (SSSR count). The Labute approximate surface area is 228 Å². The van der Waals surface area contributed by atoms with E-state index in [1.54, 1.807) is 51.7 Å². The number of nitrogens with zero attached hydrogens (tertiary/aromatic N) is 8. The predicted molar refractivity (Wildman–Crippen MR) is 144 cm³/mol. The van der Waals surface area contributed by atoms with Gasteiger partial charge in [-0.25, -0.2) is 4.52 Å². The van der Waals surface area contributed by atoms with Gasteiger partial charge in [-0.1, -0.05) is 11.6 Å². The molecular weight excluding hydrogens is 522 g/mol. The van der Waals surface area contributed by atoms with E-state index in [0.717, 1.165) is 29.7 Å². The van der Waals surface area contributed by atoms with E-state index in [0.29, 0.717) is 45.8 Å². The zero-order valence-corrected chi connectivity index (χ0v) is 22.1. The highest BCUT2D eigenvalue weighted by atomic mass is 35.5. The Balaban J connectivity index is 1.26. The second-order valence-corrected chi connectivity index (χ2v) is 9.96. The number of rotatable bonds is 9. The number of hydrogen-bond donors (Lipinski definition) is 2. The highest BCUT2D eigenvalue weighted by Crippen LogP contribution is 2.34. The van der Waals surface area contributed by atoms with E-state index in [1.807, 2.05) is 19.1 Å². The lowest BCUT2D eigenvalue weighted by Crippen LogP contribution is -2.22. The van der Waals surface area contributed by atoms with Gasteiger partial charge in [0.2, 0.25) is 5.82 Å². The van der Waals surface area contributed by atoms with E-state index in [-0.39, 0.29) is 12.5 Å². The number of amides is 1. The first-order valence-electron chi connectivity index (χ1n) is 12.5. The van der Waals surface area contributed by atoms with Crippen LogP contribution in [0.5, 0.6) is 0 Å². The van der Waals surface area contributed by atoms with Crippen LogP contribution in [0.4, 0.5) is 5.69 Å². The second-order valence-electron chi connectivity index (χ2n) is 9.55. The number of ether oxygens (including phenoxy) is 1. The minimum absolute atomic E-state index is 0.221. The summed E-state index contributed by atoms with van der Waals surface area (Å²) in [4.78, 5) is 15.0. The summed E-state index contributed by atoms with van der Waals surface area (Å²) in [5.41, 5.74) is 4.78. The summed E-state index contributed by atoms with van der Waals surface area (Å²) in [5, 5.41) is 34.9. The van der Waals surface area contributed by atoms with E-state index in [2.05, 4.69) is 30.9 Å². The number of benzene rings is 1. The molecule has 0 aliphatic heterocycles. The van der Waals surface area contributed by atoms with Crippen LogP contribution in [0.3, 0.4) is 0 Å². The molecule has 0 bridgehead atoms. The number of pyridine rings is 1. The van der Waals surface area contributed by atoms with Gasteiger partial charge < -0.3 is 15.2 Å². The van der Waals surface area contributed by atoms with Crippen LogP contribution in [0.25, 0.3) is 28.0 Å². The van der Waals surface area contributed by atoms with Gasteiger partial charge in [-0.15, -0.1) is 10.2 Å². The number of anilines is 1. The van der Waals surface area contributed by atoms with Crippen molar-refractivity contribution in [1.29, 1.82) is 0 Å². The number of tetrazole rings is 1. The molecule has 13 heteroatoms. The Morgan fingerprint density at radius 3 is 2.85 bits per heavy atom. The fourth-order valence-electron chi connectivity index (χ4n) is 4.43. The number of carbonyl (C=O) groups is 1. The van der Waals surface area contributed by atoms with Crippen LogP contribution in [0.1, 0.15) is 34.9 Å². The smallest absolute Gasteiger partial charge is 0.259 e. The Kier molecular flexibility index (Phi) is 6.59. The number of methoxy groups -OCH3 is 1. The summed E-state index contributed by atoms with van der Waals surface area (Å²) in [6, 6.07) is 9.34. The van der Waals surface area contributed by atoms with Gasteiger partial charge in [-0.05, 0) is 60.9 Å². The summed E-state index contributed by atoms with van der Waals surface area (Å²) in [5.74, 6) is 0.117. The lowest BCUT2D eigenvalue weighted by molar-refractivity contribution is 0.0510. The number of hydrogen-bond acceptors (Lipinski definition) is 8. The Bertz CT molecular complexity index is 1670. The molecule has 12 nitrogen and oxygen atoms in total. The van der Waals surface area contributed by atoms with E-state index in [9.17, 15) is 9.90 Å². The van der Waals surface area contributed by atoms with E-state index in [1.165, 1.54) is 6.20 Å². The molecule has 5 aromatic rings. The molecule has 1 amide bonds. The van der Waals surface area contributed by atoms with Gasteiger partial charge in [0.05, 0.1) is 59.5 Å². The van der Waals surface area contributed by atoms with E-state index >= 15 is 0 Å². The van der Waals surface area contributed by atoms with Gasteiger partial charge in [0.1, 0.15) is 0 Å². The first kappa shape index (κ1) is 25.2. The first-order chi connectivity index (χ1) is 18.9. The van der Waals surface area contributed by atoms with Crippen LogP contribution in [0, 0.1) is 6.92 Å². The van der Waals surface area contributed by atoms with Crippen LogP contribution in [-0.2, 0) is 11.3 Å². The number of aliphatic hydroxyl groups is 1. The van der Waals surface area contributed by atoms with Gasteiger partial charge >= 0.3 is 0 Å². The Hall–Kier alpha value is -4.13.